The Bertz CT molecular complexity index is 1210. The summed E-state index contributed by atoms with van der Waals surface area (Å²) < 4.78 is 11.2. The summed E-state index contributed by atoms with van der Waals surface area (Å²) in [7, 11) is 0. The van der Waals surface area contributed by atoms with Crippen LogP contribution < -0.4 is 20.3 Å². The molecule has 0 aromatic heterocycles. The Kier molecular flexibility index (Phi) is 7.54. The quantitative estimate of drug-likeness (QED) is 0.295. The number of benzene rings is 4. The number of ether oxygens (including phenoxy) is 2. The number of hydrogen-bond acceptors (Lipinski definition) is 4. The Morgan fingerprint density at radius 3 is 1.44 bits per heavy atom. The highest BCUT2D eigenvalue weighted by molar-refractivity contribution is 5.99. The summed E-state index contributed by atoms with van der Waals surface area (Å²) in [6.07, 6.45) is 0. The highest BCUT2D eigenvalue weighted by atomic mass is 16.5. The molecule has 2 amide bonds. The minimum Gasteiger partial charge on any atom is -0.490 e. The van der Waals surface area contributed by atoms with E-state index < -0.39 is 11.8 Å². The smallest absolute Gasteiger partial charge is 0.269 e. The van der Waals surface area contributed by atoms with Crippen LogP contribution in [0.4, 0.5) is 0 Å². The Morgan fingerprint density at radius 1 is 0.500 bits per heavy atom. The third kappa shape index (κ3) is 6.23. The molecule has 0 fully saturated rings. The van der Waals surface area contributed by atoms with Crippen LogP contribution in [0.5, 0.6) is 11.5 Å². The molecule has 0 aliphatic carbocycles. The molecule has 4 aromatic rings. The molecule has 34 heavy (non-hydrogen) atoms. The second kappa shape index (κ2) is 11.3. The molecular weight excluding hydrogens is 428 g/mol. The van der Waals surface area contributed by atoms with Gasteiger partial charge in [0.1, 0.15) is 24.7 Å². The van der Waals surface area contributed by atoms with Crippen molar-refractivity contribution in [3.63, 3.8) is 0 Å². The zero-order valence-corrected chi connectivity index (χ0v) is 18.4. The minimum atomic E-state index is -0.423. The van der Waals surface area contributed by atoms with Gasteiger partial charge in [-0.3, -0.25) is 20.4 Å². The van der Waals surface area contributed by atoms with Gasteiger partial charge in [-0.15, -0.1) is 0 Å². The molecule has 0 heterocycles. The Hall–Kier alpha value is -4.58. The van der Waals surface area contributed by atoms with Crippen LogP contribution in [0.25, 0.3) is 11.1 Å². The second-order valence-corrected chi connectivity index (χ2v) is 7.39. The highest BCUT2D eigenvalue weighted by Crippen LogP contribution is 2.19. The normalized spacial score (nSPS) is 10.2. The van der Waals surface area contributed by atoms with Crippen molar-refractivity contribution in [1.29, 1.82) is 0 Å². The minimum absolute atomic E-state index is 0.375. The predicted molar refractivity (Wildman–Crippen MR) is 131 cm³/mol. The number of amides is 2. The summed E-state index contributed by atoms with van der Waals surface area (Å²) in [6.45, 7) is 0.782. The van der Waals surface area contributed by atoms with Gasteiger partial charge in [-0.1, -0.05) is 60.7 Å². The molecule has 0 atom stereocenters. The van der Waals surface area contributed by atoms with Crippen LogP contribution in [0.1, 0.15) is 20.7 Å². The van der Waals surface area contributed by atoms with Crippen molar-refractivity contribution in [3.05, 3.63) is 120 Å². The van der Waals surface area contributed by atoms with E-state index in [0.29, 0.717) is 30.1 Å². The molecule has 170 valence electrons. The van der Waals surface area contributed by atoms with Crippen LogP contribution >= 0.6 is 0 Å². The summed E-state index contributed by atoms with van der Waals surface area (Å²) in [5.74, 6) is 0.586. The number of hydrazine groups is 1. The van der Waals surface area contributed by atoms with Gasteiger partial charge in [-0.05, 0) is 59.7 Å². The number of rotatable bonds is 8. The summed E-state index contributed by atoms with van der Waals surface area (Å²) in [4.78, 5) is 24.7. The van der Waals surface area contributed by atoms with Gasteiger partial charge in [0.15, 0.2) is 0 Å². The third-order valence-corrected chi connectivity index (χ3v) is 5.02. The van der Waals surface area contributed by atoms with E-state index in [1.54, 1.807) is 36.4 Å². The average molecular weight is 453 g/mol. The molecule has 0 bridgehead atoms. The van der Waals surface area contributed by atoms with Crippen molar-refractivity contribution in [1.82, 2.24) is 10.9 Å². The van der Waals surface area contributed by atoms with Gasteiger partial charge in [-0.2, -0.15) is 0 Å². The lowest BCUT2D eigenvalue weighted by Gasteiger charge is -2.10. The van der Waals surface area contributed by atoms with Crippen molar-refractivity contribution in [2.75, 3.05) is 13.2 Å². The molecule has 0 saturated carbocycles. The van der Waals surface area contributed by atoms with Crippen LogP contribution in [-0.2, 0) is 0 Å². The zero-order valence-electron chi connectivity index (χ0n) is 18.4. The van der Waals surface area contributed by atoms with Crippen molar-refractivity contribution in [2.24, 2.45) is 0 Å². The molecule has 0 aliphatic heterocycles. The van der Waals surface area contributed by atoms with Crippen LogP contribution in [0.3, 0.4) is 0 Å². The molecule has 6 nitrogen and oxygen atoms in total. The van der Waals surface area contributed by atoms with Crippen molar-refractivity contribution >= 4 is 11.8 Å². The highest BCUT2D eigenvalue weighted by Gasteiger charge is 2.10. The van der Waals surface area contributed by atoms with Gasteiger partial charge >= 0.3 is 0 Å². The van der Waals surface area contributed by atoms with E-state index in [2.05, 4.69) is 10.9 Å². The number of nitrogens with one attached hydrogen (secondary N) is 2. The Labute approximate surface area is 198 Å². The van der Waals surface area contributed by atoms with E-state index in [-0.39, 0.29) is 0 Å². The standard InChI is InChI=1S/C28H24N2O4/c31-27(23-13-11-22(12-14-23)21-7-3-1-4-8-21)29-30-28(32)24-15-17-26(18-16-24)34-20-19-33-25-9-5-2-6-10-25/h1-18H,19-20H2,(H,29,31)(H,30,32). The van der Waals surface area contributed by atoms with E-state index in [4.69, 9.17) is 9.47 Å². The summed E-state index contributed by atoms with van der Waals surface area (Å²) in [6, 6.07) is 33.2. The molecule has 0 radical (unpaired) electrons. The van der Waals surface area contributed by atoms with E-state index >= 15 is 0 Å². The lowest BCUT2D eigenvalue weighted by Crippen LogP contribution is -2.41. The summed E-state index contributed by atoms with van der Waals surface area (Å²) in [5, 5.41) is 0. The summed E-state index contributed by atoms with van der Waals surface area (Å²) >= 11 is 0. The monoisotopic (exact) mass is 452 g/mol. The van der Waals surface area contributed by atoms with Crippen molar-refractivity contribution in [2.45, 2.75) is 0 Å². The van der Waals surface area contributed by atoms with Gasteiger partial charge in [0.2, 0.25) is 0 Å². The van der Waals surface area contributed by atoms with E-state index in [1.165, 1.54) is 0 Å². The van der Waals surface area contributed by atoms with Gasteiger partial charge in [-0.25, -0.2) is 0 Å². The first-order chi connectivity index (χ1) is 16.7. The van der Waals surface area contributed by atoms with Crippen LogP contribution in [0.2, 0.25) is 0 Å². The van der Waals surface area contributed by atoms with E-state index in [1.807, 2.05) is 72.8 Å². The predicted octanol–water partition coefficient (Wildman–Crippen LogP) is 4.89. The van der Waals surface area contributed by atoms with Gasteiger partial charge in [0, 0.05) is 11.1 Å². The topological polar surface area (TPSA) is 76.7 Å². The molecule has 4 rings (SSSR count). The molecule has 2 N–H and O–H groups in total. The molecule has 0 aliphatic rings. The fraction of sp³-hybridized carbons (Fsp3) is 0.0714. The van der Waals surface area contributed by atoms with Crippen molar-refractivity contribution in [3.8, 4) is 22.6 Å². The maximum Gasteiger partial charge on any atom is 0.269 e. The fourth-order valence-corrected chi connectivity index (χ4v) is 3.24. The van der Waals surface area contributed by atoms with E-state index in [0.717, 1.165) is 16.9 Å². The first-order valence-corrected chi connectivity index (χ1v) is 10.9. The maximum atomic E-state index is 12.4. The Morgan fingerprint density at radius 2 is 0.912 bits per heavy atom. The SMILES string of the molecule is O=C(NNC(=O)c1ccc(-c2ccccc2)cc1)c1ccc(OCCOc2ccccc2)cc1. The number of hydrogen-bond donors (Lipinski definition) is 2. The Balaban J connectivity index is 1.22. The average Bonchev–Trinajstić information content (AvgIpc) is 2.91. The largest absolute Gasteiger partial charge is 0.490 e. The second-order valence-electron chi connectivity index (χ2n) is 7.39. The zero-order chi connectivity index (χ0) is 23.6. The third-order valence-electron chi connectivity index (χ3n) is 5.02. The van der Waals surface area contributed by atoms with Crippen LogP contribution in [0, 0.1) is 0 Å². The fourth-order valence-electron chi connectivity index (χ4n) is 3.24. The van der Waals surface area contributed by atoms with Crippen LogP contribution in [-0.4, -0.2) is 25.0 Å². The molecule has 0 spiro atoms. The first kappa shape index (κ1) is 22.6. The molecule has 0 saturated heterocycles. The number of carbonyl (C=O) groups excluding carboxylic acids is 2. The van der Waals surface area contributed by atoms with Crippen LogP contribution in [0.15, 0.2) is 109 Å². The molecule has 4 aromatic carbocycles. The lowest BCUT2D eigenvalue weighted by atomic mass is 10.0. The van der Waals surface area contributed by atoms with Crippen molar-refractivity contribution < 1.29 is 19.1 Å². The van der Waals surface area contributed by atoms with Gasteiger partial charge in [0.25, 0.3) is 11.8 Å². The maximum absolute atomic E-state index is 12.4. The number of para-hydroxylation sites is 1. The lowest BCUT2D eigenvalue weighted by molar-refractivity contribution is 0.0846. The summed E-state index contributed by atoms with van der Waals surface area (Å²) in [5.41, 5.74) is 7.80. The van der Waals surface area contributed by atoms with Gasteiger partial charge < -0.3 is 9.47 Å². The first-order valence-electron chi connectivity index (χ1n) is 10.9. The molecule has 0 unspecified atom stereocenters. The van der Waals surface area contributed by atoms with E-state index in [9.17, 15) is 9.59 Å². The molecule has 6 heteroatoms. The number of carbonyl (C=O) groups is 2. The molecular formula is C28H24N2O4. The van der Waals surface area contributed by atoms with Gasteiger partial charge in [0.05, 0.1) is 0 Å².